The van der Waals surface area contributed by atoms with Gasteiger partial charge in [0.1, 0.15) is 5.75 Å². The van der Waals surface area contributed by atoms with Gasteiger partial charge in [-0.05, 0) is 30.2 Å². The molecule has 0 spiro atoms. The second kappa shape index (κ2) is 9.37. The zero-order valence-corrected chi connectivity index (χ0v) is 12.0. The Labute approximate surface area is 116 Å². The van der Waals surface area contributed by atoms with Gasteiger partial charge in [0.05, 0.1) is 6.61 Å². The zero-order chi connectivity index (χ0) is 13.9. The molecular weight excluding hydrogens is 236 g/mol. The molecule has 2 nitrogen and oxygen atoms in total. The molecule has 0 aliphatic heterocycles. The lowest BCUT2D eigenvalue weighted by Crippen LogP contribution is -1.96. The van der Waals surface area contributed by atoms with Crippen molar-refractivity contribution >= 4 is 11.9 Å². The number of carbonyl (C=O) groups is 1. The molecular formula is C17H24O2. The highest BCUT2D eigenvalue weighted by molar-refractivity contribution is 5.93. The fourth-order valence-corrected chi connectivity index (χ4v) is 1.70. The summed E-state index contributed by atoms with van der Waals surface area (Å²) in [4.78, 5) is 11.2. The Morgan fingerprint density at radius 1 is 1.11 bits per heavy atom. The van der Waals surface area contributed by atoms with Gasteiger partial charge in [-0.25, -0.2) is 0 Å². The highest BCUT2D eigenvalue weighted by atomic mass is 16.5. The molecule has 0 aliphatic carbocycles. The van der Waals surface area contributed by atoms with Crippen molar-refractivity contribution in [3.8, 4) is 5.75 Å². The minimum atomic E-state index is 0.149. The Hall–Kier alpha value is -1.57. The van der Waals surface area contributed by atoms with Crippen LogP contribution in [0.3, 0.4) is 0 Å². The van der Waals surface area contributed by atoms with Crippen molar-refractivity contribution in [1.29, 1.82) is 0 Å². The predicted molar refractivity (Wildman–Crippen MR) is 80.4 cm³/mol. The first-order valence-corrected chi connectivity index (χ1v) is 7.20. The Morgan fingerprint density at radius 2 is 1.84 bits per heavy atom. The van der Waals surface area contributed by atoms with Crippen LogP contribution in [0.1, 0.15) is 51.5 Å². The van der Waals surface area contributed by atoms with Gasteiger partial charge in [0.2, 0.25) is 0 Å². The third-order valence-electron chi connectivity index (χ3n) is 2.96. The maximum atomic E-state index is 11.2. The molecule has 0 N–H and O–H groups in total. The molecule has 0 fully saturated rings. The highest BCUT2D eigenvalue weighted by Gasteiger charge is 1.95. The van der Waals surface area contributed by atoms with Crippen LogP contribution in [0.25, 0.3) is 6.08 Å². The fourth-order valence-electron chi connectivity index (χ4n) is 1.70. The van der Waals surface area contributed by atoms with Crippen LogP contribution >= 0.6 is 0 Å². The van der Waals surface area contributed by atoms with Crippen molar-refractivity contribution in [2.45, 2.75) is 46.0 Å². The number of ketones is 1. The van der Waals surface area contributed by atoms with Gasteiger partial charge in [-0.15, -0.1) is 0 Å². The molecule has 0 radical (unpaired) electrons. The standard InChI is InChI=1S/C17H24O2/c1-3-5-6-7-14-19-17-12-9-15(10-13-17)8-11-16(18)4-2/h8-13H,3-7,14H2,1-2H3/b11-8+. The van der Waals surface area contributed by atoms with Gasteiger partial charge < -0.3 is 4.74 Å². The van der Waals surface area contributed by atoms with Crippen LogP contribution < -0.4 is 4.74 Å². The van der Waals surface area contributed by atoms with Gasteiger partial charge in [0.25, 0.3) is 0 Å². The number of ether oxygens (including phenoxy) is 1. The molecule has 0 heterocycles. The van der Waals surface area contributed by atoms with Crippen molar-refractivity contribution in [2.75, 3.05) is 6.61 Å². The summed E-state index contributed by atoms with van der Waals surface area (Å²) in [6.07, 6.45) is 8.89. The molecule has 2 heteroatoms. The predicted octanol–water partition coefficient (Wildman–Crippen LogP) is 4.64. The van der Waals surface area contributed by atoms with E-state index in [1.807, 2.05) is 37.3 Å². The van der Waals surface area contributed by atoms with Crippen molar-refractivity contribution < 1.29 is 9.53 Å². The van der Waals surface area contributed by atoms with Crippen LogP contribution in [0.15, 0.2) is 30.3 Å². The van der Waals surface area contributed by atoms with Crippen LogP contribution in [0.2, 0.25) is 0 Å². The van der Waals surface area contributed by atoms with Crippen LogP contribution in [0.5, 0.6) is 5.75 Å². The molecule has 19 heavy (non-hydrogen) atoms. The van der Waals surface area contributed by atoms with E-state index < -0.39 is 0 Å². The van der Waals surface area contributed by atoms with E-state index >= 15 is 0 Å². The third kappa shape index (κ3) is 6.80. The van der Waals surface area contributed by atoms with Gasteiger partial charge in [-0.3, -0.25) is 4.79 Å². The van der Waals surface area contributed by atoms with Crippen LogP contribution in [-0.4, -0.2) is 12.4 Å². The van der Waals surface area contributed by atoms with E-state index in [0.717, 1.165) is 24.3 Å². The molecule has 0 bridgehead atoms. The Bertz CT molecular complexity index is 390. The number of allylic oxidation sites excluding steroid dienone is 1. The van der Waals surface area contributed by atoms with Gasteiger partial charge >= 0.3 is 0 Å². The number of hydrogen-bond acceptors (Lipinski definition) is 2. The molecule has 0 amide bonds. The summed E-state index contributed by atoms with van der Waals surface area (Å²) in [5.41, 5.74) is 1.03. The molecule has 0 aliphatic rings. The maximum Gasteiger partial charge on any atom is 0.155 e. The summed E-state index contributed by atoms with van der Waals surface area (Å²) in [6.45, 7) is 4.85. The number of rotatable bonds is 9. The van der Waals surface area contributed by atoms with Gasteiger partial charge in [0, 0.05) is 6.42 Å². The largest absolute Gasteiger partial charge is 0.494 e. The van der Waals surface area contributed by atoms with Crippen molar-refractivity contribution in [3.05, 3.63) is 35.9 Å². The minimum absolute atomic E-state index is 0.149. The Kier molecular flexibility index (Phi) is 7.64. The summed E-state index contributed by atoms with van der Waals surface area (Å²) >= 11 is 0. The third-order valence-corrected chi connectivity index (χ3v) is 2.96. The fraction of sp³-hybridized carbons (Fsp3) is 0.471. The molecule has 1 aromatic rings. The summed E-state index contributed by atoms with van der Waals surface area (Å²) in [6, 6.07) is 7.85. The number of unbranched alkanes of at least 4 members (excludes halogenated alkanes) is 3. The minimum Gasteiger partial charge on any atom is -0.494 e. The topological polar surface area (TPSA) is 26.3 Å². The van der Waals surface area contributed by atoms with E-state index in [1.54, 1.807) is 6.08 Å². The van der Waals surface area contributed by atoms with Gasteiger partial charge in [-0.2, -0.15) is 0 Å². The SMILES string of the molecule is CCCCCCOc1ccc(/C=C/C(=O)CC)cc1. The molecule has 0 unspecified atom stereocenters. The normalized spacial score (nSPS) is 10.8. The molecule has 0 saturated carbocycles. The zero-order valence-electron chi connectivity index (χ0n) is 12.0. The molecule has 104 valence electrons. The summed E-state index contributed by atoms with van der Waals surface area (Å²) in [7, 11) is 0. The van der Waals surface area contributed by atoms with Crippen LogP contribution in [0, 0.1) is 0 Å². The average molecular weight is 260 g/mol. The number of benzene rings is 1. The quantitative estimate of drug-likeness (QED) is 0.477. The van der Waals surface area contributed by atoms with Gasteiger partial charge in [0.15, 0.2) is 5.78 Å². The van der Waals surface area contributed by atoms with Crippen LogP contribution in [-0.2, 0) is 4.79 Å². The average Bonchev–Trinajstić information content (AvgIpc) is 2.45. The van der Waals surface area contributed by atoms with Gasteiger partial charge in [-0.1, -0.05) is 51.3 Å². The Morgan fingerprint density at radius 3 is 2.47 bits per heavy atom. The van der Waals surface area contributed by atoms with Crippen molar-refractivity contribution in [3.63, 3.8) is 0 Å². The maximum absolute atomic E-state index is 11.2. The highest BCUT2D eigenvalue weighted by Crippen LogP contribution is 2.14. The lowest BCUT2D eigenvalue weighted by Gasteiger charge is -2.05. The van der Waals surface area contributed by atoms with E-state index in [4.69, 9.17) is 4.74 Å². The van der Waals surface area contributed by atoms with E-state index in [2.05, 4.69) is 6.92 Å². The monoisotopic (exact) mass is 260 g/mol. The van der Waals surface area contributed by atoms with Crippen LogP contribution in [0.4, 0.5) is 0 Å². The molecule has 0 aromatic heterocycles. The first kappa shape index (κ1) is 15.5. The second-order valence-corrected chi connectivity index (χ2v) is 4.63. The van der Waals surface area contributed by atoms with E-state index in [1.165, 1.54) is 19.3 Å². The summed E-state index contributed by atoms with van der Waals surface area (Å²) in [5, 5.41) is 0. The smallest absolute Gasteiger partial charge is 0.155 e. The number of hydrogen-bond donors (Lipinski definition) is 0. The van der Waals surface area contributed by atoms with Crippen molar-refractivity contribution in [1.82, 2.24) is 0 Å². The molecule has 0 saturated heterocycles. The number of carbonyl (C=O) groups excluding carboxylic acids is 1. The van der Waals surface area contributed by atoms with E-state index in [0.29, 0.717) is 6.42 Å². The van der Waals surface area contributed by atoms with Crippen molar-refractivity contribution in [2.24, 2.45) is 0 Å². The lowest BCUT2D eigenvalue weighted by atomic mass is 10.2. The second-order valence-electron chi connectivity index (χ2n) is 4.63. The summed E-state index contributed by atoms with van der Waals surface area (Å²) < 4.78 is 5.66. The first-order chi connectivity index (χ1) is 9.26. The van der Waals surface area contributed by atoms with E-state index in [-0.39, 0.29) is 5.78 Å². The summed E-state index contributed by atoms with van der Waals surface area (Å²) in [5.74, 6) is 1.05. The lowest BCUT2D eigenvalue weighted by molar-refractivity contribution is -0.114. The van der Waals surface area contributed by atoms with E-state index in [9.17, 15) is 4.79 Å². The first-order valence-electron chi connectivity index (χ1n) is 7.20. The molecule has 0 atom stereocenters. The molecule has 1 rings (SSSR count). The Balaban J connectivity index is 2.35. The molecule has 1 aromatic carbocycles.